The predicted octanol–water partition coefficient (Wildman–Crippen LogP) is 2.40. The Bertz CT molecular complexity index is 493. The number of rotatable bonds is 4. The summed E-state index contributed by atoms with van der Waals surface area (Å²) >= 11 is 0. The van der Waals surface area contributed by atoms with Gasteiger partial charge in [-0.25, -0.2) is 4.98 Å². The first-order chi connectivity index (χ1) is 7.90. The Morgan fingerprint density at radius 2 is 2.00 bits per heavy atom. The van der Waals surface area contributed by atoms with Crippen molar-refractivity contribution in [3.63, 3.8) is 0 Å². The highest BCUT2D eigenvalue weighted by Gasteiger charge is 1.98. The van der Waals surface area contributed by atoms with Crippen molar-refractivity contribution in [3.8, 4) is 0 Å². The average Bonchev–Trinajstić information content (AvgIpc) is 2.34. The van der Waals surface area contributed by atoms with Gasteiger partial charge in [0.25, 0.3) is 0 Å². The number of anilines is 1. The van der Waals surface area contributed by atoms with Gasteiger partial charge in [-0.3, -0.25) is 0 Å². The fourth-order valence-electron chi connectivity index (χ4n) is 1.39. The van der Waals surface area contributed by atoms with Crippen LogP contribution in [0, 0.1) is 0 Å². The lowest BCUT2D eigenvalue weighted by Gasteiger charge is -2.02. The maximum absolute atomic E-state index is 4.36. The van der Waals surface area contributed by atoms with Crippen LogP contribution in [0.2, 0.25) is 0 Å². The molecule has 2 aromatic rings. The maximum Gasteiger partial charge on any atom is 0.243 e. The van der Waals surface area contributed by atoms with Crippen LogP contribution in [0.15, 0.2) is 36.4 Å². The minimum atomic E-state index is 0.586. The zero-order valence-corrected chi connectivity index (χ0v) is 9.22. The van der Waals surface area contributed by atoms with E-state index in [1.807, 2.05) is 37.3 Å². The summed E-state index contributed by atoms with van der Waals surface area (Å²) < 4.78 is 0. The van der Waals surface area contributed by atoms with E-state index in [4.69, 9.17) is 0 Å². The van der Waals surface area contributed by atoms with Crippen LogP contribution in [0.5, 0.6) is 0 Å². The predicted molar refractivity (Wildman–Crippen MR) is 65.3 cm³/mol. The summed E-state index contributed by atoms with van der Waals surface area (Å²) in [6, 6.07) is 7.71. The molecule has 0 saturated heterocycles. The molecule has 4 nitrogen and oxygen atoms in total. The van der Waals surface area contributed by atoms with Gasteiger partial charge >= 0.3 is 0 Å². The number of aromatic nitrogens is 3. The molecular formula is C12H14N4. The fourth-order valence-corrected chi connectivity index (χ4v) is 1.39. The molecule has 0 aliphatic heterocycles. The van der Waals surface area contributed by atoms with Crippen LogP contribution in [0.4, 0.5) is 5.95 Å². The molecule has 0 aliphatic rings. The van der Waals surface area contributed by atoms with Crippen molar-refractivity contribution < 1.29 is 0 Å². The lowest BCUT2D eigenvalue weighted by Crippen LogP contribution is -2.05. The molecule has 0 fully saturated rings. The summed E-state index contributed by atoms with van der Waals surface area (Å²) in [5, 5.41) is 11.2. The molecule has 82 valence electrons. The van der Waals surface area contributed by atoms with E-state index in [0.29, 0.717) is 5.95 Å². The molecular weight excluding hydrogens is 200 g/mol. The second-order valence-corrected chi connectivity index (χ2v) is 3.41. The van der Waals surface area contributed by atoms with E-state index in [9.17, 15) is 0 Å². The molecule has 0 bridgehead atoms. The zero-order chi connectivity index (χ0) is 11.2. The van der Waals surface area contributed by atoms with Crippen molar-refractivity contribution in [3.05, 3.63) is 36.4 Å². The summed E-state index contributed by atoms with van der Waals surface area (Å²) in [6.45, 7) is 2.83. The molecule has 0 radical (unpaired) electrons. The van der Waals surface area contributed by atoms with E-state index < -0.39 is 0 Å². The summed E-state index contributed by atoms with van der Waals surface area (Å²) in [5.41, 5.74) is 1.69. The van der Waals surface area contributed by atoms with Crippen LogP contribution >= 0.6 is 0 Å². The third-order valence-corrected chi connectivity index (χ3v) is 2.19. The molecule has 16 heavy (non-hydrogen) atoms. The maximum atomic E-state index is 4.36. The second-order valence-electron chi connectivity index (χ2n) is 3.41. The highest BCUT2D eigenvalue weighted by atomic mass is 15.2. The molecule has 1 N–H and O–H groups in total. The van der Waals surface area contributed by atoms with Crippen LogP contribution in [-0.4, -0.2) is 21.7 Å². The topological polar surface area (TPSA) is 50.7 Å². The van der Waals surface area contributed by atoms with Crippen molar-refractivity contribution in [2.75, 3.05) is 11.9 Å². The number of para-hydroxylation sites is 1. The minimum Gasteiger partial charge on any atom is -0.353 e. The first-order valence-corrected chi connectivity index (χ1v) is 5.34. The van der Waals surface area contributed by atoms with Crippen LogP contribution < -0.4 is 5.32 Å². The quantitative estimate of drug-likeness (QED) is 0.627. The summed E-state index contributed by atoms with van der Waals surface area (Å²) in [4.78, 5) is 4.36. The summed E-state index contributed by atoms with van der Waals surface area (Å²) in [5.74, 6) is 0.586. The van der Waals surface area contributed by atoms with Crippen molar-refractivity contribution in [2.45, 2.75) is 13.3 Å². The second kappa shape index (κ2) is 5.21. The highest BCUT2D eigenvalue weighted by Crippen LogP contribution is 2.08. The first kappa shape index (κ1) is 10.5. The third kappa shape index (κ3) is 2.53. The van der Waals surface area contributed by atoms with Crippen LogP contribution in [0.25, 0.3) is 11.0 Å². The molecule has 0 spiro atoms. The molecule has 4 heteroatoms. The van der Waals surface area contributed by atoms with Crippen molar-refractivity contribution in [2.24, 2.45) is 0 Å². The number of allylic oxidation sites excluding steroid dienone is 1. The van der Waals surface area contributed by atoms with E-state index in [1.54, 1.807) is 0 Å². The summed E-state index contributed by atoms with van der Waals surface area (Å²) in [7, 11) is 0. The molecule has 1 aromatic carbocycles. The summed E-state index contributed by atoms with van der Waals surface area (Å²) in [6.07, 6.45) is 5.09. The molecule has 1 aromatic heterocycles. The number of nitrogens with one attached hydrogen (secondary N) is 1. The molecule has 2 rings (SSSR count). The molecule has 0 aliphatic carbocycles. The number of hydrogen-bond acceptors (Lipinski definition) is 4. The minimum absolute atomic E-state index is 0.586. The molecule has 0 saturated carbocycles. The zero-order valence-electron chi connectivity index (χ0n) is 9.22. The molecule has 0 unspecified atom stereocenters. The Kier molecular flexibility index (Phi) is 3.43. The number of nitrogens with zero attached hydrogens (tertiary/aromatic N) is 3. The van der Waals surface area contributed by atoms with Crippen molar-refractivity contribution in [1.29, 1.82) is 0 Å². The van der Waals surface area contributed by atoms with Gasteiger partial charge in [-0.2, -0.15) is 0 Å². The van der Waals surface area contributed by atoms with Gasteiger partial charge in [-0.1, -0.05) is 24.3 Å². The largest absolute Gasteiger partial charge is 0.353 e. The van der Waals surface area contributed by atoms with Crippen molar-refractivity contribution in [1.82, 2.24) is 15.2 Å². The van der Waals surface area contributed by atoms with Gasteiger partial charge < -0.3 is 5.32 Å². The van der Waals surface area contributed by atoms with Crippen LogP contribution in [0.1, 0.15) is 13.3 Å². The molecule has 0 atom stereocenters. The lowest BCUT2D eigenvalue weighted by atomic mass is 10.3. The van der Waals surface area contributed by atoms with E-state index >= 15 is 0 Å². The van der Waals surface area contributed by atoms with E-state index in [0.717, 1.165) is 24.0 Å². The Morgan fingerprint density at radius 3 is 2.81 bits per heavy atom. The average molecular weight is 214 g/mol. The van der Waals surface area contributed by atoms with Gasteiger partial charge in [0.2, 0.25) is 5.95 Å². The lowest BCUT2D eigenvalue weighted by molar-refractivity contribution is 0.968. The standard InChI is InChI=1S/C12H14N4/c1-2-3-6-9-13-12-14-10-7-4-5-8-11(10)15-16-12/h2-5,7-8H,6,9H2,1H3,(H,13,14,16)/b3-2+. The number of hydrogen-bond donors (Lipinski definition) is 1. The van der Waals surface area contributed by atoms with Gasteiger partial charge in [0.05, 0.1) is 5.52 Å². The molecule has 1 heterocycles. The van der Waals surface area contributed by atoms with Crippen LogP contribution in [-0.2, 0) is 0 Å². The monoisotopic (exact) mass is 214 g/mol. The third-order valence-electron chi connectivity index (χ3n) is 2.19. The Balaban J connectivity index is 2.07. The number of benzene rings is 1. The van der Waals surface area contributed by atoms with Gasteiger partial charge in [-0.05, 0) is 25.5 Å². The Labute approximate surface area is 94.4 Å². The highest BCUT2D eigenvalue weighted by molar-refractivity contribution is 5.73. The first-order valence-electron chi connectivity index (χ1n) is 5.34. The Hall–Kier alpha value is -1.97. The fraction of sp³-hybridized carbons (Fsp3) is 0.250. The smallest absolute Gasteiger partial charge is 0.243 e. The van der Waals surface area contributed by atoms with Crippen molar-refractivity contribution >= 4 is 17.0 Å². The van der Waals surface area contributed by atoms with E-state index in [-0.39, 0.29) is 0 Å². The van der Waals surface area contributed by atoms with Gasteiger partial charge in [-0.15, -0.1) is 10.2 Å². The van der Waals surface area contributed by atoms with Crippen LogP contribution in [0.3, 0.4) is 0 Å². The Morgan fingerprint density at radius 1 is 1.19 bits per heavy atom. The molecule has 0 amide bonds. The number of fused-ring (bicyclic) bond motifs is 1. The SMILES string of the molecule is C/C=C/CCNc1nnc2ccccc2n1. The van der Waals surface area contributed by atoms with E-state index in [2.05, 4.69) is 26.6 Å². The van der Waals surface area contributed by atoms with E-state index in [1.165, 1.54) is 0 Å². The van der Waals surface area contributed by atoms with Gasteiger partial charge in [0.15, 0.2) is 0 Å². The van der Waals surface area contributed by atoms with Gasteiger partial charge in [0, 0.05) is 6.54 Å². The van der Waals surface area contributed by atoms with Gasteiger partial charge in [0.1, 0.15) is 5.52 Å². The normalized spacial score (nSPS) is 11.1.